The van der Waals surface area contributed by atoms with E-state index in [2.05, 4.69) is 37.3 Å². The normalized spacial score (nSPS) is 23.2. The maximum Gasteiger partial charge on any atom is 0.377 e. The Morgan fingerprint density at radius 2 is 1.04 bits per heavy atom. The average molecular weight is 1100 g/mol. The molecule has 0 spiro atoms. The number of carbonyl (C=O) groups is 6. The molecule has 2 aliphatic carbocycles. The summed E-state index contributed by atoms with van der Waals surface area (Å²) in [6, 6.07) is 0. The summed E-state index contributed by atoms with van der Waals surface area (Å²) in [6.45, 7) is 22.5. The molecule has 6 N–H and O–H groups in total. The lowest BCUT2D eigenvalue weighted by molar-refractivity contribution is -0.158. The van der Waals surface area contributed by atoms with Gasteiger partial charge in [-0.15, -0.1) is 0 Å². The molecule has 18 nitrogen and oxygen atoms in total. The number of allylic oxidation sites excluding steroid dienone is 21. The zero-order valence-electron chi connectivity index (χ0n) is 46.7. The molecule has 0 amide bonds. The van der Waals surface area contributed by atoms with Gasteiger partial charge in [-0.25, -0.2) is 9.59 Å². The van der Waals surface area contributed by atoms with Crippen LogP contribution in [0.2, 0.25) is 0 Å². The van der Waals surface area contributed by atoms with Gasteiger partial charge in [-0.2, -0.15) is 0 Å². The number of cyclic esters (lactones) is 2. The Morgan fingerprint density at radius 1 is 0.608 bits per heavy atom. The maximum absolute atomic E-state index is 13.4. The van der Waals surface area contributed by atoms with Crippen LogP contribution in [0.15, 0.2) is 165 Å². The predicted octanol–water partition coefficient (Wildman–Crippen LogP) is 9.69. The van der Waals surface area contributed by atoms with Gasteiger partial charge in [0.05, 0.1) is 25.0 Å². The van der Waals surface area contributed by atoms with Gasteiger partial charge in [0.2, 0.25) is 11.5 Å². The Labute approximate surface area is 461 Å². The van der Waals surface area contributed by atoms with Crippen molar-refractivity contribution in [1.82, 2.24) is 0 Å². The monoisotopic (exact) mass is 1100 g/mol. The summed E-state index contributed by atoms with van der Waals surface area (Å²) < 4.78 is 31.0. The van der Waals surface area contributed by atoms with Crippen molar-refractivity contribution in [3.63, 3.8) is 0 Å². The van der Waals surface area contributed by atoms with Crippen LogP contribution >= 0.6 is 0 Å². The Hall–Kier alpha value is -7.70. The number of esters is 5. The third-order valence-corrected chi connectivity index (χ3v) is 13.4. The number of hydrogen-bond donors (Lipinski definition) is 6. The number of carbonyl (C=O) groups excluding carboxylic acids is 6. The SMILES string of the molecule is C=C(CCC(=O)OC1CC(C)(C)C(/C=C/C(C)=C/C=C/C(C)=C/C=C/C=C(C)/C=C/C=C(C)/C=C/C2=C(C)CC(OC(=O)CCC(=O)OCC(O)C3OC(=O)C(O)=C3O)CC2(C)C)=C(C)C1=O)OCC(O)C1OC(=O)C(O)=C1O. The second-order valence-electron chi connectivity index (χ2n) is 21.3. The molecule has 0 saturated heterocycles. The molecule has 0 bridgehead atoms. The van der Waals surface area contributed by atoms with Gasteiger partial charge in [-0.05, 0) is 75.5 Å². The van der Waals surface area contributed by atoms with Gasteiger partial charge < -0.3 is 59.1 Å². The van der Waals surface area contributed by atoms with Gasteiger partial charge in [0, 0.05) is 19.3 Å². The molecule has 4 aliphatic rings. The van der Waals surface area contributed by atoms with E-state index in [1.807, 2.05) is 121 Å². The number of ketones is 1. The molecule has 2 aliphatic heterocycles. The van der Waals surface area contributed by atoms with E-state index in [1.165, 1.54) is 0 Å². The van der Waals surface area contributed by atoms with E-state index in [0.717, 1.165) is 39.0 Å². The number of hydrogen-bond acceptors (Lipinski definition) is 18. The molecule has 0 aromatic carbocycles. The summed E-state index contributed by atoms with van der Waals surface area (Å²) in [5.74, 6) is -8.19. The van der Waals surface area contributed by atoms with Crippen LogP contribution < -0.4 is 0 Å². The van der Waals surface area contributed by atoms with Gasteiger partial charge in [-0.1, -0.05) is 147 Å². The first kappa shape index (κ1) is 63.8. The highest BCUT2D eigenvalue weighted by Gasteiger charge is 2.42. The van der Waals surface area contributed by atoms with Crippen molar-refractivity contribution in [3.8, 4) is 0 Å². The quantitative estimate of drug-likeness (QED) is 0.0215. The fraction of sp³-hybridized carbons (Fsp3) is 0.443. The Kier molecular flexibility index (Phi) is 23.3. The molecule has 6 unspecified atom stereocenters. The molecule has 4 rings (SSSR count). The Bertz CT molecular complexity index is 2790. The van der Waals surface area contributed by atoms with E-state index in [1.54, 1.807) is 6.92 Å². The lowest BCUT2D eigenvalue weighted by atomic mass is 9.71. The third-order valence-electron chi connectivity index (χ3n) is 13.4. The van der Waals surface area contributed by atoms with E-state index < -0.39 is 102 Å². The number of aliphatic hydroxyl groups excluding tert-OH is 6. The Balaban J connectivity index is 1.18. The summed E-state index contributed by atoms with van der Waals surface area (Å²) in [7, 11) is 0. The second-order valence-corrected chi connectivity index (χ2v) is 21.3. The number of ether oxygens (including phenoxy) is 6. The zero-order chi connectivity index (χ0) is 58.9. The molecular weight excluding hydrogens is 1020 g/mol. The van der Waals surface area contributed by atoms with Gasteiger partial charge in [0.15, 0.2) is 35.6 Å². The Morgan fingerprint density at radius 3 is 1.53 bits per heavy atom. The van der Waals surface area contributed by atoms with Gasteiger partial charge in [0.25, 0.3) is 0 Å². The molecule has 2 heterocycles. The summed E-state index contributed by atoms with van der Waals surface area (Å²) in [5, 5.41) is 58.5. The highest BCUT2D eigenvalue weighted by atomic mass is 16.6. The molecule has 18 heteroatoms. The van der Waals surface area contributed by atoms with Gasteiger partial charge >= 0.3 is 29.8 Å². The zero-order valence-corrected chi connectivity index (χ0v) is 46.7. The van der Waals surface area contributed by atoms with Gasteiger partial charge in [-0.3, -0.25) is 19.2 Å². The lowest BCUT2D eigenvalue weighted by Crippen LogP contribution is -2.39. The number of aliphatic hydroxyl groups is 6. The van der Waals surface area contributed by atoms with Crippen molar-refractivity contribution < 1.29 is 87.8 Å². The average Bonchev–Trinajstić information content (AvgIpc) is 3.86. The van der Waals surface area contributed by atoms with Crippen LogP contribution in [0, 0.1) is 10.8 Å². The summed E-state index contributed by atoms with van der Waals surface area (Å²) in [4.78, 5) is 73.7. The fourth-order valence-electron chi connectivity index (χ4n) is 9.06. The van der Waals surface area contributed by atoms with Crippen LogP contribution in [-0.4, -0.2) is 116 Å². The molecule has 0 radical (unpaired) electrons. The van der Waals surface area contributed by atoms with Crippen LogP contribution in [0.25, 0.3) is 0 Å². The largest absolute Gasteiger partial charge is 0.505 e. The van der Waals surface area contributed by atoms with E-state index in [0.29, 0.717) is 18.4 Å². The minimum Gasteiger partial charge on any atom is -0.505 e. The van der Waals surface area contributed by atoms with Crippen molar-refractivity contribution in [2.24, 2.45) is 10.8 Å². The fourth-order valence-corrected chi connectivity index (χ4v) is 9.06. The molecular formula is C61H76O18. The molecule has 0 fully saturated rings. The first-order valence-electron chi connectivity index (χ1n) is 25.9. The topological polar surface area (TPSA) is 279 Å². The lowest BCUT2D eigenvalue weighted by Gasteiger charge is -2.37. The first-order valence-corrected chi connectivity index (χ1v) is 25.9. The smallest absolute Gasteiger partial charge is 0.377 e. The van der Waals surface area contributed by atoms with E-state index in [4.69, 9.17) is 23.7 Å². The molecule has 428 valence electrons. The van der Waals surface area contributed by atoms with E-state index >= 15 is 0 Å². The second kappa shape index (κ2) is 28.8. The standard InChI is InChI=1S/C61H76O18/c1-35(18-14-20-37(3)22-25-43-39(5)30-42(31-60(43,8)9)76-49(65)29-28-48(64)75-34-46(63)57-53(69)55(71)59(73)79-57)16-12-13-17-36(2)19-15-21-38(4)23-26-44-41(7)51(67)47(32-61(44,10)11)77-50(66)27-24-40(6)74-33-45(62)56-52(68)54(70)58(72)78-56/h12-23,25-26,42,45-47,56-57,62-63,68-71H,6,24,27-34H2,1-5,7-11H3/b13-12+,18-14+,19-15+,25-22+,26-23+,35-16+,36-17+,37-20+,38-21+. The first-order chi connectivity index (χ1) is 37.0. The van der Waals surface area contributed by atoms with Crippen LogP contribution in [0.5, 0.6) is 0 Å². The summed E-state index contributed by atoms with van der Waals surface area (Å²) in [5.41, 5.74) is 6.91. The van der Waals surface area contributed by atoms with Gasteiger partial charge in [0.1, 0.15) is 31.5 Å². The summed E-state index contributed by atoms with van der Waals surface area (Å²) >= 11 is 0. The van der Waals surface area contributed by atoms with Crippen LogP contribution in [-0.2, 0) is 57.2 Å². The maximum atomic E-state index is 13.4. The molecule has 6 atom stereocenters. The van der Waals surface area contributed by atoms with Crippen LogP contribution in [0.3, 0.4) is 0 Å². The molecule has 79 heavy (non-hydrogen) atoms. The molecule has 0 saturated carbocycles. The summed E-state index contributed by atoms with van der Waals surface area (Å²) in [6.07, 6.45) is 21.2. The predicted molar refractivity (Wildman–Crippen MR) is 293 cm³/mol. The molecule has 0 aromatic rings. The third kappa shape index (κ3) is 19.0. The minimum absolute atomic E-state index is 0.0216. The van der Waals surface area contributed by atoms with Crippen LogP contribution in [0.1, 0.15) is 114 Å². The highest BCUT2D eigenvalue weighted by molar-refractivity contribution is 6.01. The minimum atomic E-state index is -1.61. The van der Waals surface area contributed by atoms with Crippen molar-refractivity contribution in [2.75, 3.05) is 13.2 Å². The van der Waals surface area contributed by atoms with Crippen molar-refractivity contribution in [2.45, 2.75) is 151 Å². The number of rotatable bonds is 25. The van der Waals surface area contributed by atoms with Crippen molar-refractivity contribution in [3.05, 3.63) is 165 Å². The highest BCUT2D eigenvalue weighted by Crippen LogP contribution is 2.43. The number of Topliss-reactive ketones (excluding diaryl/α,β-unsaturated/α-hetero) is 1. The molecule has 0 aromatic heterocycles. The van der Waals surface area contributed by atoms with Crippen LogP contribution in [0.4, 0.5) is 0 Å². The van der Waals surface area contributed by atoms with Crippen molar-refractivity contribution in [1.29, 1.82) is 0 Å². The van der Waals surface area contributed by atoms with E-state index in [9.17, 15) is 59.4 Å². The van der Waals surface area contributed by atoms with E-state index in [-0.39, 0.29) is 55.2 Å². The van der Waals surface area contributed by atoms with Crippen molar-refractivity contribution >= 4 is 35.6 Å².